The molecule has 1 heterocycles. The molecule has 0 fully saturated rings. The second-order valence-corrected chi connectivity index (χ2v) is 6.77. The maximum absolute atomic E-state index is 12.2. The lowest BCUT2D eigenvalue weighted by Gasteiger charge is -2.08. The zero-order valence-electron chi connectivity index (χ0n) is 16.9. The summed E-state index contributed by atoms with van der Waals surface area (Å²) in [6, 6.07) is 24.1. The van der Waals surface area contributed by atoms with Crippen molar-refractivity contribution in [3.05, 3.63) is 90.3 Å². The SMILES string of the molecule is COc1ccc(Cc2nc(-c3cccc(NC(=O)COc4ccccc4)c3)no2)cc1. The molecule has 0 saturated carbocycles. The Morgan fingerprint density at radius 2 is 1.77 bits per heavy atom. The molecule has 0 aliphatic rings. The summed E-state index contributed by atoms with van der Waals surface area (Å²) in [6.45, 7) is -0.0809. The highest BCUT2D eigenvalue weighted by Crippen LogP contribution is 2.21. The molecule has 0 bridgehead atoms. The van der Waals surface area contributed by atoms with E-state index in [1.54, 1.807) is 31.4 Å². The van der Waals surface area contributed by atoms with Crippen molar-refractivity contribution in [2.75, 3.05) is 19.0 Å². The normalized spacial score (nSPS) is 10.5. The third-order valence-corrected chi connectivity index (χ3v) is 4.50. The van der Waals surface area contributed by atoms with Gasteiger partial charge in [-0.05, 0) is 42.0 Å². The van der Waals surface area contributed by atoms with Crippen molar-refractivity contribution in [1.29, 1.82) is 0 Å². The smallest absolute Gasteiger partial charge is 0.262 e. The van der Waals surface area contributed by atoms with Crippen LogP contribution >= 0.6 is 0 Å². The standard InChI is InChI=1S/C24H21N3O4/c1-29-20-12-10-17(11-13-20)14-23-26-24(27-31-23)18-6-5-7-19(15-18)25-22(28)16-30-21-8-3-2-4-9-21/h2-13,15H,14,16H2,1H3,(H,25,28). The Labute approximate surface area is 179 Å². The number of methoxy groups -OCH3 is 1. The van der Waals surface area contributed by atoms with Crippen LogP contribution in [0.2, 0.25) is 0 Å². The second kappa shape index (κ2) is 9.58. The fraction of sp³-hybridized carbons (Fsp3) is 0.125. The summed E-state index contributed by atoms with van der Waals surface area (Å²) in [4.78, 5) is 16.7. The molecule has 0 unspecified atom stereocenters. The summed E-state index contributed by atoms with van der Waals surface area (Å²) in [5.41, 5.74) is 2.41. The van der Waals surface area contributed by atoms with Crippen LogP contribution in [0.25, 0.3) is 11.4 Å². The molecule has 0 spiro atoms. The topological polar surface area (TPSA) is 86.5 Å². The fourth-order valence-corrected chi connectivity index (χ4v) is 2.96. The molecule has 7 heteroatoms. The predicted octanol–water partition coefficient (Wildman–Crippen LogP) is 4.35. The number of hydrogen-bond acceptors (Lipinski definition) is 6. The third kappa shape index (κ3) is 5.48. The largest absolute Gasteiger partial charge is 0.497 e. The van der Waals surface area contributed by atoms with Gasteiger partial charge in [-0.25, -0.2) is 0 Å². The van der Waals surface area contributed by atoms with Gasteiger partial charge in [-0.15, -0.1) is 0 Å². The van der Waals surface area contributed by atoms with Gasteiger partial charge in [0.05, 0.1) is 13.5 Å². The van der Waals surface area contributed by atoms with E-state index < -0.39 is 0 Å². The van der Waals surface area contributed by atoms with E-state index in [9.17, 15) is 4.79 Å². The molecule has 0 aliphatic heterocycles. The summed E-state index contributed by atoms with van der Waals surface area (Å²) >= 11 is 0. The van der Waals surface area contributed by atoms with E-state index in [2.05, 4.69) is 15.5 Å². The van der Waals surface area contributed by atoms with Gasteiger partial charge in [-0.3, -0.25) is 4.79 Å². The van der Waals surface area contributed by atoms with Gasteiger partial charge in [0, 0.05) is 11.3 Å². The van der Waals surface area contributed by atoms with E-state index in [0.29, 0.717) is 29.6 Å². The highest BCUT2D eigenvalue weighted by molar-refractivity contribution is 5.92. The van der Waals surface area contributed by atoms with Crippen molar-refractivity contribution in [3.63, 3.8) is 0 Å². The highest BCUT2D eigenvalue weighted by atomic mass is 16.5. The van der Waals surface area contributed by atoms with Crippen LogP contribution in [0, 0.1) is 0 Å². The molecule has 0 radical (unpaired) electrons. The zero-order chi connectivity index (χ0) is 21.5. The van der Waals surface area contributed by atoms with Crippen molar-refractivity contribution < 1.29 is 18.8 Å². The molecular weight excluding hydrogens is 394 g/mol. The Morgan fingerprint density at radius 1 is 0.968 bits per heavy atom. The summed E-state index contributed by atoms with van der Waals surface area (Å²) in [6.07, 6.45) is 0.518. The third-order valence-electron chi connectivity index (χ3n) is 4.50. The Hall–Kier alpha value is -4.13. The van der Waals surface area contributed by atoms with Crippen LogP contribution in [-0.2, 0) is 11.2 Å². The first-order valence-electron chi connectivity index (χ1n) is 9.73. The van der Waals surface area contributed by atoms with Crippen molar-refractivity contribution in [3.8, 4) is 22.9 Å². The van der Waals surface area contributed by atoms with E-state index in [1.807, 2.05) is 54.6 Å². The van der Waals surface area contributed by atoms with Crippen molar-refractivity contribution >= 4 is 11.6 Å². The predicted molar refractivity (Wildman–Crippen MR) is 116 cm³/mol. The van der Waals surface area contributed by atoms with Gasteiger partial charge in [0.25, 0.3) is 5.91 Å². The molecule has 4 aromatic rings. The molecule has 1 aromatic heterocycles. The van der Waals surface area contributed by atoms with Crippen LogP contribution < -0.4 is 14.8 Å². The van der Waals surface area contributed by atoms with E-state index >= 15 is 0 Å². The van der Waals surface area contributed by atoms with E-state index in [4.69, 9.17) is 14.0 Å². The first-order valence-corrected chi connectivity index (χ1v) is 9.73. The Kier molecular flexibility index (Phi) is 6.23. The molecule has 31 heavy (non-hydrogen) atoms. The highest BCUT2D eigenvalue weighted by Gasteiger charge is 2.11. The number of amides is 1. The van der Waals surface area contributed by atoms with Gasteiger partial charge in [-0.1, -0.05) is 47.6 Å². The molecule has 156 valence electrons. The number of hydrogen-bond donors (Lipinski definition) is 1. The number of benzene rings is 3. The number of rotatable bonds is 8. The van der Waals surface area contributed by atoms with Gasteiger partial charge in [0.1, 0.15) is 11.5 Å². The number of para-hydroxylation sites is 1. The molecule has 0 aliphatic carbocycles. The number of ether oxygens (including phenoxy) is 2. The van der Waals surface area contributed by atoms with Crippen molar-refractivity contribution in [2.45, 2.75) is 6.42 Å². The van der Waals surface area contributed by atoms with Crippen molar-refractivity contribution in [2.24, 2.45) is 0 Å². The van der Waals surface area contributed by atoms with Crippen LogP contribution in [0.3, 0.4) is 0 Å². The summed E-state index contributed by atoms with van der Waals surface area (Å²) in [5, 5.41) is 6.88. The van der Waals surface area contributed by atoms with Crippen LogP contribution in [0.4, 0.5) is 5.69 Å². The summed E-state index contributed by atoms with van der Waals surface area (Å²) in [7, 11) is 1.63. The van der Waals surface area contributed by atoms with Gasteiger partial charge >= 0.3 is 0 Å². The number of nitrogens with zero attached hydrogens (tertiary/aromatic N) is 2. The monoisotopic (exact) mass is 415 g/mol. The van der Waals surface area contributed by atoms with Crippen LogP contribution in [0.15, 0.2) is 83.4 Å². The number of nitrogens with one attached hydrogen (secondary N) is 1. The summed E-state index contributed by atoms with van der Waals surface area (Å²) in [5.74, 6) is 2.14. The minimum atomic E-state index is -0.255. The molecule has 7 nitrogen and oxygen atoms in total. The van der Waals surface area contributed by atoms with Crippen LogP contribution in [0.1, 0.15) is 11.5 Å². The first kappa shape index (κ1) is 20.2. The maximum Gasteiger partial charge on any atom is 0.262 e. The Morgan fingerprint density at radius 3 is 2.55 bits per heavy atom. The molecule has 0 atom stereocenters. The molecule has 1 N–H and O–H groups in total. The average molecular weight is 415 g/mol. The van der Waals surface area contributed by atoms with Crippen molar-refractivity contribution in [1.82, 2.24) is 10.1 Å². The molecule has 0 saturated heterocycles. The van der Waals surface area contributed by atoms with Crippen LogP contribution in [0.5, 0.6) is 11.5 Å². The minimum absolute atomic E-state index is 0.0809. The minimum Gasteiger partial charge on any atom is -0.497 e. The lowest BCUT2D eigenvalue weighted by Crippen LogP contribution is -2.20. The Balaban J connectivity index is 1.38. The number of carbonyl (C=O) groups is 1. The fourth-order valence-electron chi connectivity index (χ4n) is 2.96. The zero-order valence-corrected chi connectivity index (χ0v) is 16.9. The van der Waals surface area contributed by atoms with E-state index in [1.165, 1.54) is 0 Å². The number of carbonyl (C=O) groups excluding carboxylic acids is 1. The molecular formula is C24H21N3O4. The number of aromatic nitrogens is 2. The lowest BCUT2D eigenvalue weighted by atomic mass is 10.1. The first-order chi connectivity index (χ1) is 15.2. The lowest BCUT2D eigenvalue weighted by molar-refractivity contribution is -0.118. The molecule has 4 rings (SSSR count). The number of anilines is 1. The van der Waals surface area contributed by atoms with Crippen LogP contribution in [-0.4, -0.2) is 29.8 Å². The van der Waals surface area contributed by atoms with Gasteiger partial charge in [-0.2, -0.15) is 4.98 Å². The van der Waals surface area contributed by atoms with Gasteiger partial charge < -0.3 is 19.3 Å². The van der Waals surface area contributed by atoms with E-state index in [0.717, 1.165) is 16.9 Å². The van der Waals surface area contributed by atoms with E-state index in [-0.39, 0.29) is 12.5 Å². The maximum atomic E-state index is 12.2. The van der Waals surface area contributed by atoms with Gasteiger partial charge in [0.2, 0.25) is 11.7 Å². The average Bonchev–Trinajstić information content (AvgIpc) is 3.28. The summed E-state index contributed by atoms with van der Waals surface area (Å²) < 4.78 is 16.0. The Bertz CT molecular complexity index is 1140. The second-order valence-electron chi connectivity index (χ2n) is 6.77. The molecule has 3 aromatic carbocycles. The van der Waals surface area contributed by atoms with Gasteiger partial charge in [0.15, 0.2) is 6.61 Å². The molecule has 1 amide bonds. The quantitative estimate of drug-likeness (QED) is 0.460.